The molecule has 2 aliphatic heterocycles. The van der Waals surface area contributed by atoms with Gasteiger partial charge in [-0.2, -0.15) is 43.9 Å². The third kappa shape index (κ3) is 1.64. The first-order valence-electron chi connectivity index (χ1n) is 4.11. The zero-order valence-electron chi connectivity index (χ0n) is 8.00. The number of hydrogen-bond acceptors (Lipinski definition) is 3. The standard InChI is InChI=1S/C6F10O3/c7-1(3(9,10)17-1)5(13,14)19-6(15,16)2(8)4(11,12)18-2. The molecule has 112 valence electrons. The van der Waals surface area contributed by atoms with Gasteiger partial charge in [0.15, 0.2) is 0 Å². The second-order valence-electron chi connectivity index (χ2n) is 3.56. The molecular formula is C6F10O3. The third-order valence-electron chi connectivity index (χ3n) is 2.21. The van der Waals surface area contributed by atoms with E-state index in [1.165, 1.54) is 0 Å². The van der Waals surface area contributed by atoms with Gasteiger partial charge in [-0.15, -0.1) is 0 Å². The molecular weight excluding hydrogens is 310 g/mol. The molecule has 3 nitrogen and oxygen atoms in total. The van der Waals surface area contributed by atoms with Crippen LogP contribution in [0.1, 0.15) is 0 Å². The van der Waals surface area contributed by atoms with E-state index in [4.69, 9.17) is 0 Å². The highest BCUT2D eigenvalue weighted by Crippen LogP contribution is 2.65. The molecule has 2 heterocycles. The van der Waals surface area contributed by atoms with Crippen molar-refractivity contribution in [1.29, 1.82) is 0 Å². The van der Waals surface area contributed by atoms with E-state index in [9.17, 15) is 43.9 Å². The van der Waals surface area contributed by atoms with Crippen molar-refractivity contribution in [3.63, 3.8) is 0 Å². The SMILES string of the molecule is FC(F)(OC(F)(F)C1(F)OC1(F)F)C1(F)OC1(F)F. The molecule has 2 atom stereocenters. The highest BCUT2D eigenvalue weighted by molar-refractivity contribution is 5.04. The van der Waals surface area contributed by atoms with E-state index in [2.05, 4.69) is 14.2 Å². The number of epoxide rings is 2. The average Bonchev–Trinajstić information content (AvgIpc) is 2.83. The van der Waals surface area contributed by atoms with Crippen LogP contribution in [0.25, 0.3) is 0 Å². The summed E-state index contributed by atoms with van der Waals surface area (Å²) in [5.41, 5.74) is 0. The molecule has 0 aromatic heterocycles. The van der Waals surface area contributed by atoms with Crippen molar-refractivity contribution in [3.05, 3.63) is 0 Å². The van der Waals surface area contributed by atoms with E-state index in [0.29, 0.717) is 0 Å². The summed E-state index contributed by atoms with van der Waals surface area (Å²) >= 11 is 0. The minimum absolute atomic E-state index is 2.12. The van der Waals surface area contributed by atoms with E-state index in [-0.39, 0.29) is 0 Å². The molecule has 2 fully saturated rings. The summed E-state index contributed by atoms with van der Waals surface area (Å²) in [6, 6.07) is 0. The van der Waals surface area contributed by atoms with Crippen LogP contribution in [0.5, 0.6) is 0 Å². The first kappa shape index (κ1) is 14.6. The Kier molecular flexibility index (Phi) is 2.37. The van der Waals surface area contributed by atoms with Crippen LogP contribution >= 0.6 is 0 Å². The lowest BCUT2D eigenvalue weighted by Gasteiger charge is -2.24. The van der Waals surface area contributed by atoms with E-state index >= 15 is 0 Å². The maximum absolute atomic E-state index is 12.7. The quantitative estimate of drug-likeness (QED) is 0.591. The zero-order chi connectivity index (χ0) is 15.1. The van der Waals surface area contributed by atoms with Crippen LogP contribution in [0.15, 0.2) is 0 Å². The highest BCUT2D eigenvalue weighted by atomic mass is 19.3. The van der Waals surface area contributed by atoms with Gasteiger partial charge in [0.05, 0.1) is 0 Å². The molecule has 0 N–H and O–H groups in total. The van der Waals surface area contributed by atoms with E-state index in [0.717, 1.165) is 0 Å². The fourth-order valence-corrected chi connectivity index (χ4v) is 1.05. The number of halogens is 10. The van der Waals surface area contributed by atoms with Crippen LogP contribution < -0.4 is 0 Å². The molecule has 0 aliphatic carbocycles. The van der Waals surface area contributed by atoms with Crippen molar-refractivity contribution in [1.82, 2.24) is 0 Å². The first-order chi connectivity index (χ1) is 8.12. The van der Waals surface area contributed by atoms with E-state index < -0.39 is 36.1 Å². The number of rotatable bonds is 4. The minimum Gasteiger partial charge on any atom is -0.263 e. The fourth-order valence-electron chi connectivity index (χ4n) is 1.05. The molecule has 0 radical (unpaired) electrons. The van der Waals surface area contributed by atoms with Gasteiger partial charge in [-0.1, -0.05) is 0 Å². The normalized spacial score (nSPS) is 40.1. The van der Waals surface area contributed by atoms with Gasteiger partial charge in [-0.25, -0.2) is 4.74 Å². The van der Waals surface area contributed by atoms with Gasteiger partial charge >= 0.3 is 36.1 Å². The summed E-state index contributed by atoms with van der Waals surface area (Å²) in [6.07, 6.45) is -22.6. The van der Waals surface area contributed by atoms with E-state index in [1.807, 2.05) is 0 Å². The summed E-state index contributed by atoms with van der Waals surface area (Å²) in [4.78, 5) is 0. The molecule has 13 heteroatoms. The van der Waals surface area contributed by atoms with Crippen LogP contribution in [0.4, 0.5) is 43.9 Å². The van der Waals surface area contributed by atoms with Crippen LogP contribution in [-0.2, 0) is 14.2 Å². The Morgan fingerprint density at radius 3 is 1.00 bits per heavy atom. The lowest BCUT2D eigenvalue weighted by Crippen LogP contribution is -2.50. The summed E-state index contributed by atoms with van der Waals surface area (Å²) in [6.45, 7) is 0. The van der Waals surface area contributed by atoms with Crippen LogP contribution in [0, 0.1) is 0 Å². The Labute approximate surface area is 95.5 Å². The lowest BCUT2D eigenvalue weighted by atomic mass is 10.3. The predicted molar refractivity (Wildman–Crippen MR) is 30.7 cm³/mol. The molecule has 19 heavy (non-hydrogen) atoms. The lowest BCUT2D eigenvalue weighted by molar-refractivity contribution is -0.437. The molecule has 0 bridgehead atoms. The van der Waals surface area contributed by atoms with Gasteiger partial charge in [-0.05, 0) is 0 Å². The van der Waals surface area contributed by atoms with Gasteiger partial charge in [-0.3, -0.25) is 9.47 Å². The Balaban J connectivity index is 2.18. The average molecular weight is 310 g/mol. The van der Waals surface area contributed by atoms with Crippen molar-refractivity contribution in [2.45, 2.75) is 36.1 Å². The molecule has 0 saturated carbocycles. The Morgan fingerprint density at radius 1 is 0.632 bits per heavy atom. The number of ether oxygens (including phenoxy) is 3. The van der Waals surface area contributed by atoms with Crippen molar-refractivity contribution in [3.8, 4) is 0 Å². The van der Waals surface area contributed by atoms with Crippen LogP contribution in [-0.4, -0.2) is 36.1 Å². The summed E-state index contributed by atoms with van der Waals surface area (Å²) in [5.74, 6) is -10.6. The molecule has 2 rings (SSSR count). The van der Waals surface area contributed by atoms with Gasteiger partial charge in [0.25, 0.3) is 0 Å². The second kappa shape index (κ2) is 3.09. The molecule has 0 aromatic carbocycles. The molecule has 0 spiro atoms. The zero-order valence-corrected chi connectivity index (χ0v) is 8.00. The van der Waals surface area contributed by atoms with Gasteiger partial charge < -0.3 is 0 Å². The van der Waals surface area contributed by atoms with E-state index in [1.54, 1.807) is 0 Å². The summed E-state index contributed by atoms with van der Waals surface area (Å²) in [5, 5.41) is 0. The minimum atomic E-state index is -6.11. The molecule has 2 unspecified atom stereocenters. The van der Waals surface area contributed by atoms with Crippen molar-refractivity contribution < 1.29 is 58.1 Å². The molecule has 0 aromatic rings. The maximum Gasteiger partial charge on any atom is 0.428 e. The monoisotopic (exact) mass is 310 g/mol. The van der Waals surface area contributed by atoms with Crippen LogP contribution in [0.3, 0.4) is 0 Å². The fraction of sp³-hybridized carbons (Fsp3) is 1.00. The van der Waals surface area contributed by atoms with Crippen molar-refractivity contribution in [2.75, 3.05) is 0 Å². The maximum atomic E-state index is 12.7. The predicted octanol–water partition coefficient (Wildman–Crippen LogP) is 2.77. The van der Waals surface area contributed by atoms with Crippen molar-refractivity contribution >= 4 is 0 Å². The second-order valence-corrected chi connectivity index (χ2v) is 3.56. The topological polar surface area (TPSA) is 34.3 Å². The summed E-state index contributed by atoms with van der Waals surface area (Å²) < 4.78 is 131. The third-order valence-corrected chi connectivity index (χ3v) is 2.21. The summed E-state index contributed by atoms with van der Waals surface area (Å²) in [7, 11) is 0. The van der Waals surface area contributed by atoms with Gasteiger partial charge in [0, 0.05) is 0 Å². The molecule has 2 saturated heterocycles. The molecule has 0 amide bonds. The van der Waals surface area contributed by atoms with Crippen molar-refractivity contribution in [2.24, 2.45) is 0 Å². The Hall–Kier alpha value is -0.820. The van der Waals surface area contributed by atoms with Gasteiger partial charge in [0.1, 0.15) is 0 Å². The first-order valence-corrected chi connectivity index (χ1v) is 4.11. The number of hydrogen-bond donors (Lipinski definition) is 0. The van der Waals surface area contributed by atoms with Gasteiger partial charge in [0.2, 0.25) is 0 Å². The molecule has 2 aliphatic rings. The Bertz CT molecular complexity index is 385. The Morgan fingerprint density at radius 2 is 0.842 bits per heavy atom. The van der Waals surface area contributed by atoms with Crippen LogP contribution in [0.2, 0.25) is 0 Å². The highest BCUT2D eigenvalue weighted by Gasteiger charge is 2.95. The number of alkyl halides is 10. The smallest absolute Gasteiger partial charge is 0.263 e. The largest absolute Gasteiger partial charge is 0.428 e.